The third kappa shape index (κ3) is 5.83. The van der Waals surface area contributed by atoms with Gasteiger partial charge in [-0.15, -0.1) is 0 Å². The Balaban J connectivity index is 0.000000505. The van der Waals surface area contributed by atoms with E-state index in [9.17, 15) is 27.6 Å². The lowest BCUT2D eigenvalue weighted by atomic mass is 9.80. The highest BCUT2D eigenvalue weighted by Gasteiger charge is 2.45. The van der Waals surface area contributed by atoms with Gasteiger partial charge in [0.15, 0.2) is 17.1 Å². The van der Waals surface area contributed by atoms with E-state index < -0.39 is 35.2 Å². The van der Waals surface area contributed by atoms with Crippen LogP contribution in [-0.4, -0.2) is 71.2 Å². The Labute approximate surface area is 214 Å². The molecule has 0 fully saturated rings. The first kappa shape index (κ1) is 27.9. The largest absolute Gasteiger partial charge is 0.490 e. The van der Waals surface area contributed by atoms with Gasteiger partial charge in [0.1, 0.15) is 11.5 Å². The summed E-state index contributed by atoms with van der Waals surface area (Å²) in [4.78, 5) is 56.6. The van der Waals surface area contributed by atoms with Crippen molar-refractivity contribution >= 4 is 41.9 Å². The second kappa shape index (κ2) is 10.8. The number of hydrogen-bond acceptors (Lipinski definition) is 8. The number of nitrogens with zero attached hydrogens (tertiary/aromatic N) is 3. The van der Waals surface area contributed by atoms with Crippen molar-refractivity contribution in [3.63, 3.8) is 0 Å². The van der Waals surface area contributed by atoms with Crippen LogP contribution in [-0.2, 0) is 19.2 Å². The molecular formula is C25H21F3N4O6. The van der Waals surface area contributed by atoms with Gasteiger partial charge in [-0.25, -0.2) is 4.79 Å². The van der Waals surface area contributed by atoms with E-state index in [1.54, 1.807) is 25.3 Å². The summed E-state index contributed by atoms with van der Waals surface area (Å²) >= 11 is 0. The number of ether oxygens (including phenoxy) is 1. The average molecular weight is 530 g/mol. The molecule has 3 N–H and O–H groups in total. The van der Waals surface area contributed by atoms with E-state index in [4.69, 9.17) is 20.4 Å². The van der Waals surface area contributed by atoms with Crippen LogP contribution < -0.4 is 10.5 Å². The van der Waals surface area contributed by atoms with Gasteiger partial charge in [0, 0.05) is 36.8 Å². The monoisotopic (exact) mass is 530 g/mol. The molecule has 0 saturated heterocycles. The van der Waals surface area contributed by atoms with E-state index in [-0.39, 0.29) is 17.9 Å². The highest BCUT2D eigenvalue weighted by atomic mass is 19.4. The van der Waals surface area contributed by atoms with E-state index in [0.29, 0.717) is 22.4 Å². The number of nitrogens with two attached hydrogens (primary N) is 1. The first-order valence-corrected chi connectivity index (χ1v) is 10.8. The summed E-state index contributed by atoms with van der Waals surface area (Å²) in [6, 6.07) is 5.43. The summed E-state index contributed by atoms with van der Waals surface area (Å²) in [7, 11) is 1.49. The number of carbonyl (C=O) groups is 4. The number of carbonyl (C=O) groups excluding carboxylic acids is 3. The second-order valence-electron chi connectivity index (χ2n) is 8.24. The van der Waals surface area contributed by atoms with E-state index in [0.717, 1.165) is 6.21 Å². The fraction of sp³-hybridized carbons (Fsp3) is 0.200. The summed E-state index contributed by atoms with van der Waals surface area (Å²) in [6.45, 7) is 1.41. The minimum Gasteiger partial charge on any atom is -0.475 e. The highest BCUT2D eigenvalue weighted by Crippen LogP contribution is 2.39. The Hall–Kier alpha value is -4.65. The molecule has 10 nitrogen and oxygen atoms in total. The van der Waals surface area contributed by atoms with Gasteiger partial charge in [-0.1, -0.05) is 18.2 Å². The molecule has 2 heterocycles. The second-order valence-corrected chi connectivity index (χ2v) is 8.24. The number of benzene rings is 1. The van der Waals surface area contributed by atoms with E-state index >= 15 is 0 Å². The Morgan fingerprint density at radius 1 is 1.13 bits per heavy atom. The third-order valence-corrected chi connectivity index (χ3v) is 5.47. The molecule has 1 aliphatic carbocycles. The molecule has 0 aromatic heterocycles. The number of halogens is 3. The highest BCUT2D eigenvalue weighted by molar-refractivity contribution is 6.27. The van der Waals surface area contributed by atoms with Gasteiger partial charge < -0.3 is 20.5 Å². The molecule has 1 atom stereocenters. The van der Waals surface area contributed by atoms with Crippen molar-refractivity contribution in [3.8, 4) is 5.75 Å². The Morgan fingerprint density at radius 3 is 2.37 bits per heavy atom. The summed E-state index contributed by atoms with van der Waals surface area (Å²) < 4.78 is 38.0. The van der Waals surface area contributed by atoms with Crippen LogP contribution in [0.4, 0.5) is 13.2 Å². The number of amides is 1. The van der Waals surface area contributed by atoms with E-state index in [1.807, 2.05) is 12.1 Å². The van der Waals surface area contributed by atoms with Gasteiger partial charge in [0.2, 0.25) is 0 Å². The summed E-state index contributed by atoms with van der Waals surface area (Å²) in [6.07, 6.45) is 4.95. The number of Topliss-reactive ketones (excluding diaryl/α,β-unsaturated/α-hetero) is 1. The summed E-state index contributed by atoms with van der Waals surface area (Å²) in [5.41, 5.74) is 6.76. The molecular weight excluding hydrogens is 509 g/mol. The molecule has 2 bridgehead atoms. The number of carboxylic acid groups (broad SMARTS) is 1. The van der Waals surface area contributed by atoms with Crippen molar-refractivity contribution in [1.82, 2.24) is 4.90 Å². The number of aliphatic carboxylic acids is 1. The molecule has 2 aliphatic heterocycles. The fourth-order valence-corrected chi connectivity index (χ4v) is 3.55. The minimum atomic E-state index is -5.08. The number of hydrogen-bond donors (Lipinski definition) is 2. The zero-order valence-electron chi connectivity index (χ0n) is 20.0. The summed E-state index contributed by atoms with van der Waals surface area (Å²) in [5, 5.41) is 7.12. The van der Waals surface area contributed by atoms with Crippen LogP contribution in [0.2, 0.25) is 0 Å². The number of ketones is 2. The number of alkyl halides is 3. The number of rotatable bonds is 0. The third-order valence-electron chi connectivity index (χ3n) is 5.47. The first-order chi connectivity index (χ1) is 17.8. The Bertz CT molecular complexity index is 1390. The van der Waals surface area contributed by atoms with Gasteiger partial charge >= 0.3 is 12.1 Å². The van der Waals surface area contributed by atoms with Crippen LogP contribution in [0.3, 0.4) is 0 Å². The van der Waals surface area contributed by atoms with Crippen LogP contribution >= 0.6 is 0 Å². The first-order valence-electron chi connectivity index (χ1n) is 10.8. The molecule has 1 aromatic rings. The number of carboxylic acids is 1. The van der Waals surface area contributed by atoms with Crippen molar-refractivity contribution < 1.29 is 42.2 Å². The van der Waals surface area contributed by atoms with Crippen molar-refractivity contribution in [3.05, 3.63) is 70.8 Å². The molecule has 0 radical (unpaired) electrons. The van der Waals surface area contributed by atoms with Crippen LogP contribution in [0.1, 0.15) is 18.1 Å². The lowest BCUT2D eigenvalue weighted by molar-refractivity contribution is -0.192. The zero-order chi connectivity index (χ0) is 28.3. The van der Waals surface area contributed by atoms with Crippen molar-refractivity contribution in [2.24, 2.45) is 15.7 Å². The van der Waals surface area contributed by atoms with Crippen LogP contribution in [0.15, 0.2) is 69.6 Å². The fourth-order valence-electron chi connectivity index (χ4n) is 3.55. The standard InChI is InChI=1S/C23H20N4O4.C2HF3O2/c1-14-10-18(29)23(24)7-6-15-4-3-5-16-11-25-8-9-26-12-19(30)27(2)13-17(28)20(14)22(23)31-21(15)16;3-2(4,5)1(6)7/h3-12H,13,24H2,1-2H3;(H,6,7)/b9-8-,25-11+,26-12+;. The normalized spacial score (nSPS) is 23.6. The van der Waals surface area contributed by atoms with Crippen LogP contribution in [0, 0.1) is 0 Å². The van der Waals surface area contributed by atoms with Gasteiger partial charge in [-0.2, -0.15) is 13.2 Å². The zero-order valence-corrected chi connectivity index (χ0v) is 20.0. The lowest BCUT2D eigenvalue weighted by Gasteiger charge is -2.31. The van der Waals surface area contributed by atoms with Gasteiger partial charge in [0.05, 0.1) is 18.3 Å². The van der Waals surface area contributed by atoms with Crippen molar-refractivity contribution in [1.29, 1.82) is 0 Å². The number of allylic oxidation sites excluding steroid dienone is 1. The minimum absolute atomic E-state index is 0.0401. The van der Waals surface area contributed by atoms with Crippen LogP contribution in [0.5, 0.6) is 5.75 Å². The summed E-state index contributed by atoms with van der Waals surface area (Å²) in [5.74, 6) is -3.54. The molecule has 4 rings (SSSR count). The van der Waals surface area contributed by atoms with Crippen molar-refractivity contribution in [2.45, 2.75) is 18.6 Å². The maximum absolute atomic E-state index is 13.2. The molecule has 13 heteroatoms. The lowest BCUT2D eigenvalue weighted by Crippen LogP contribution is -2.51. The average Bonchev–Trinajstić information content (AvgIpc) is 2.98. The molecule has 0 spiro atoms. The van der Waals surface area contributed by atoms with Gasteiger partial charge in [-0.05, 0) is 30.7 Å². The molecule has 198 valence electrons. The molecule has 0 saturated carbocycles. The quantitative estimate of drug-likeness (QED) is 0.522. The predicted molar refractivity (Wildman–Crippen MR) is 130 cm³/mol. The van der Waals surface area contributed by atoms with Crippen molar-refractivity contribution in [2.75, 3.05) is 13.6 Å². The van der Waals surface area contributed by atoms with E-state index in [1.165, 1.54) is 36.5 Å². The SMILES string of the molecule is CC1=CC(=O)C2(N)C=Cc3cccc4c3OC2=C1C(=O)CN(C)C(=O)/C=N/C=C\N=C\4.O=C(O)C(F)(F)F. The maximum Gasteiger partial charge on any atom is 0.490 e. The molecule has 1 unspecified atom stereocenters. The maximum atomic E-state index is 13.2. The van der Waals surface area contributed by atoms with E-state index in [2.05, 4.69) is 9.98 Å². The number of likely N-dealkylation sites (N-methyl/N-ethyl adjacent to an activating group) is 1. The Kier molecular flexibility index (Phi) is 7.91. The van der Waals surface area contributed by atoms with Gasteiger partial charge in [-0.3, -0.25) is 24.4 Å². The molecule has 38 heavy (non-hydrogen) atoms. The smallest absolute Gasteiger partial charge is 0.475 e. The molecule has 1 amide bonds. The molecule has 3 aliphatic rings. The predicted octanol–water partition coefficient (Wildman–Crippen LogP) is 2.21. The van der Waals surface area contributed by atoms with Crippen LogP contribution in [0.25, 0.3) is 6.08 Å². The number of aliphatic imine (C=N–C) groups is 2. The van der Waals surface area contributed by atoms with Gasteiger partial charge in [0.25, 0.3) is 5.91 Å². The topological polar surface area (TPSA) is 152 Å². The molecule has 1 aromatic carbocycles. The number of para-hydroxylation sites is 1. The Morgan fingerprint density at radius 2 is 1.74 bits per heavy atom.